The van der Waals surface area contributed by atoms with E-state index in [-0.39, 0.29) is 5.48 Å². The van der Waals surface area contributed by atoms with Crippen molar-refractivity contribution in [1.29, 1.82) is 0 Å². The van der Waals surface area contributed by atoms with E-state index in [1.807, 2.05) is 0 Å². The van der Waals surface area contributed by atoms with Crippen molar-refractivity contribution in [2.24, 2.45) is 0 Å². The number of hydrogen-bond acceptors (Lipinski definition) is 1. The van der Waals surface area contributed by atoms with Crippen molar-refractivity contribution in [3.63, 3.8) is 0 Å². The monoisotopic (exact) mass is 315 g/mol. The molecule has 0 atom stereocenters. The maximum Gasteiger partial charge on any atom is 0.0766 e. The number of quaternary nitrogens is 1. The minimum atomic E-state index is 0. The zero-order chi connectivity index (χ0) is 15.6. The summed E-state index contributed by atoms with van der Waals surface area (Å²) in [4.78, 5) is 1.60. The molecule has 0 saturated heterocycles. The third-order valence-corrected chi connectivity index (χ3v) is 4.53. The number of unbranched alkanes of at least 4 members (excludes halogenated alkanes) is 15. The van der Waals surface area contributed by atoms with Gasteiger partial charge in [0.25, 0.3) is 0 Å². The molecule has 0 aromatic rings. The van der Waals surface area contributed by atoms with Crippen LogP contribution in [0.2, 0.25) is 0 Å². The quantitative estimate of drug-likeness (QED) is 0.367. The summed E-state index contributed by atoms with van der Waals surface area (Å²) in [5, 5.41) is 0. The topological polar surface area (TPSA) is 34.4 Å². The van der Waals surface area contributed by atoms with Gasteiger partial charge in [-0.05, 0) is 12.8 Å². The Hall–Kier alpha value is -0.0800. The maximum absolute atomic E-state index is 2.30. The molecule has 0 saturated carbocycles. The molecule has 2 nitrogen and oxygen atoms in total. The third-order valence-electron chi connectivity index (χ3n) is 4.53. The Morgan fingerprint density at radius 1 is 0.455 bits per heavy atom. The molecule has 0 bridgehead atoms. The molecule has 2 N–H and O–H groups in total. The molecule has 0 heterocycles. The van der Waals surface area contributed by atoms with Crippen LogP contribution in [0.1, 0.15) is 110 Å². The highest BCUT2D eigenvalue weighted by molar-refractivity contribution is 4.49. The lowest BCUT2D eigenvalue weighted by atomic mass is 10.0. The van der Waals surface area contributed by atoms with E-state index in [1.165, 1.54) is 109 Å². The molecule has 0 unspecified atom stereocenters. The van der Waals surface area contributed by atoms with Gasteiger partial charge in [-0.3, -0.25) is 0 Å². The van der Waals surface area contributed by atoms with Gasteiger partial charge in [0, 0.05) is 0 Å². The number of hydrogen-bond donors (Lipinski definition) is 1. The van der Waals surface area contributed by atoms with Crippen LogP contribution in [0.5, 0.6) is 0 Å². The van der Waals surface area contributed by atoms with Crippen molar-refractivity contribution >= 4 is 0 Å². The van der Waals surface area contributed by atoms with E-state index < -0.39 is 0 Å². The Morgan fingerprint density at radius 2 is 0.727 bits per heavy atom. The van der Waals surface area contributed by atoms with Gasteiger partial charge in [0.15, 0.2) is 0 Å². The van der Waals surface area contributed by atoms with Gasteiger partial charge >= 0.3 is 0 Å². The van der Waals surface area contributed by atoms with Gasteiger partial charge in [0.2, 0.25) is 0 Å². The molecule has 0 aliphatic heterocycles. The van der Waals surface area contributed by atoms with Crippen LogP contribution in [-0.4, -0.2) is 26.1 Å². The van der Waals surface area contributed by atoms with Gasteiger partial charge in [-0.25, -0.2) is 0 Å². The largest absolute Gasteiger partial charge is 0.870 e. The fourth-order valence-electron chi connectivity index (χ4n) is 3.03. The van der Waals surface area contributed by atoms with Gasteiger partial charge in [0.05, 0.1) is 20.6 Å². The first-order chi connectivity index (χ1) is 10.3. The van der Waals surface area contributed by atoms with Crippen LogP contribution in [0.4, 0.5) is 0 Å². The highest BCUT2D eigenvalue weighted by Gasteiger charge is 1.96. The Balaban J connectivity index is 0. The third kappa shape index (κ3) is 22.2. The SMILES string of the molecule is CCCCCCCCCCCCCCCCCC[NH+](C)C.[OH-]. The summed E-state index contributed by atoms with van der Waals surface area (Å²) in [6, 6.07) is 0. The van der Waals surface area contributed by atoms with Gasteiger partial charge < -0.3 is 10.4 Å². The van der Waals surface area contributed by atoms with E-state index in [2.05, 4.69) is 21.0 Å². The highest BCUT2D eigenvalue weighted by Crippen LogP contribution is 2.13. The molecule has 0 radical (unpaired) electrons. The van der Waals surface area contributed by atoms with E-state index in [0.717, 1.165) is 0 Å². The first-order valence-electron chi connectivity index (χ1n) is 10.1. The zero-order valence-electron chi connectivity index (χ0n) is 16.0. The summed E-state index contributed by atoms with van der Waals surface area (Å²) in [6.07, 6.45) is 23.4. The van der Waals surface area contributed by atoms with Crippen molar-refractivity contribution in [1.82, 2.24) is 0 Å². The second kappa shape index (κ2) is 20.9. The minimum absolute atomic E-state index is 0. The lowest BCUT2D eigenvalue weighted by molar-refractivity contribution is -0.858. The first-order valence-corrected chi connectivity index (χ1v) is 10.1. The molecule has 0 aliphatic carbocycles. The van der Waals surface area contributed by atoms with E-state index >= 15 is 0 Å². The summed E-state index contributed by atoms with van der Waals surface area (Å²) >= 11 is 0. The van der Waals surface area contributed by atoms with E-state index in [4.69, 9.17) is 0 Å². The van der Waals surface area contributed by atoms with Crippen molar-refractivity contribution < 1.29 is 10.4 Å². The summed E-state index contributed by atoms with van der Waals surface area (Å²) in [5.41, 5.74) is 0. The molecule has 0 spiro atoms. The minimum Gasteiger partial charge on any atom is -0.870 e. The van der Waals surface area contributed by atoms with E-state index in [1.54, 1.807) is 4.90 Å². The summed E-state index contributed by atoms with van der Waals surface area (Å²) in [7, 11) is 4.51. The maximum atomic E-state index is 2.30. The fourth-order valence-corrected chi connectivity index (χ4v) is 3.03. The summed E-state index contributed by atoms with van der Waals surface area (Å²) < 4.78 is 0. The predicted octanol–water partition coefficient (Wildman–Crippen LogP) is 5.22. The molecule has 2 heteroatoms. The lowest BCUT2D eigenvalue weighted by Gasteiger charge is -2.06. The van der Waals surface area contributed by atoms with Gasteiger partial charge in [-0.1, -0.05) is 96.8 Å². The lowest BCUT2D eigenvalue weighted by Crippen LogP contribution is -3.05. The van der Waals surface area contributed by atoms with Crippen molar-refractivity contribution in [3.8, 4) is 0 Å². The van der Waals surface area contributed by atoms with Crippen LogP contribution in [-0.2, 0) is 0 Å². The molecule has 0 aliphatic rings. The molecular formula is C20H45NO. The molecule has 0 rings (SSSR count). The van der Waals surface area contributed by atoms with Crippen LogP contribution in [0.15, 0.2) is 0 Å². The van der Waals surface area contributed by atoms with Crippen molar-refractivity contribution in [2.75, 3.05) is 20.6 Å². The Bertz CT molecular complexity index is 183. The molecule has 136 valence electrons. The van der Waals surface area contributed by atoms with Crippen LogP contribution >= 0.6 is 0 Å². The fraction of sp³-hybridized carbons (Fsp3) is 1.00. The number of rotatable bonds is 17. The van der Waals surface area contributed by atoms with Gasteiger partial charge in [-0.15, -0.1) is 0 Å². The molecule has 22 heavy (non-hydrogen) atoms. The summed E-state index contributed by atoms with van der Waals surface area (Å²) in [5.74, 6) is 0. The van der Waals surface area contributed by atoms with Crippen LogP contribution < -0.4 is 4.90 Å². The van der Waals surface area contributed by atoms with Crippen molar-refractivity contribution in [2.45, 2.75) is 110 Å². The molecule has 0 amide bonds. The van der Waals surface area contributed by atoms with Crippen LogP contribution in [0.3, 0.4) is 0 Å². The summed E-state index contributed by atoms with van der Waals surface area (Å²) in [6.45, 7) is 3.64. The second-order valence-electron chi connectivity index (χ2n) is 7.26. The average Bonchev–Trinajstić information content (AvgIpc) is 2.46. The Morgan fingerprint density at radius 3 is 1.00 bits per heavy atom. The standard InChI is InChI=1S/C20H43N.H2O/c1-4-5-6-7-8-9-10-11-12-13-14-15-16-17-18-19-20-21(2)3;/h4-20H2,1-3H3;1H2. The smallest absolute Gasteiger partial charge is 0.0766 e. The van der Waals surface area contributed by atoms with Crippen molar-refractivity contribution in [3.05, 3.63) is 0 Å². The molecule has 0 fully saturated rings. The molecular weight excluding hydrogens is 270 g/mol. The number of nitrogens with one attached hydrogen (secondary N) is 1. The van der Waals surface area contributed by atoms with Gasteiger partial charge in [-0.2, -0.15) is 0 Å². The van der Waals surface area contributed by atoms with Crippen LogP contribution in [0, 0.1) is 0 Å². The molecule has 0 aromatic heterocycles. The van der Waals surface area contributed by atoms with Crippen LogP contribution in [0.25, 0.3) is 0 Å². The second-order valence-corrected chi connectivity index (χ2v) is 7.26. The van der Waals surface area contributed by atoms with Gasteiger partial charge in [0.1, 0.15) is 0 Å². The Kier molecular flexibility index (Phi) is 23.0. The normalized spacial score (nSPS) is 10.9. The zero-order valence-corrected chi connectivity index (χ0v) is 16.0. The highest BCUT2D eigenvalue weighted by atomic mass is 16.0. The molecule has 0 aromatic carbocycles. The van der Waals surface area contributed by atoms with E-state index in [9.17, 15) is 0 Å². The first kappa shape index (κ1) is 24.2. The van der Waals surface area contributed by atoms with E-state index in [0.29, 0.717) is 0 Å². The predicted molar refractivity (Wildman–Crippen MR) is 99.2 cm³/mol. The average molecular weight is 316 g/mol. The Labute approximate surface area is 141 Å².